The first kappa shape index (κ1) is 14.1. The smallest absolute Gasteiger partial charge is 0.261 e. The number of hydrogen-bond acceptors (Lipinski definition) is 3. The molecule has 1 aromatic rings. The van der Waals surface area contributed by atoms with E-state index in [2.05, 4.69) is 0 Å². The van der Waals surface area contributed by atoms with Gasteiger partial charge in [0.2, 0.25) is 0 Å². The molecule has 0 bridgehead atoms. The lowest BCUT2D eigenvalue weighted by Crippen LogP contribution is -2.34. The van der Waals surface area contributed by atoms with Crippen molar-refractivity contribution in [1.29, 1.82) is 0 Å². The van der Waals surface area contributed by atoms with Gasteiger partial charge in [-0.2, -0.15) is 0 Å². The Balaban J connectivity index is 2.17. The van der Waals surface area contributed by atoms with Crippen molar-refractivity contribution in [2.75, 3.05) is 13.1 Å². The number of halogens is 1. The van der Waals surface area contributed by atoms with Gasteiger partial charge in [0.15, 0.2) is 0 Å². The highest BCUT2D eigenvalue weighted by Crippen LogP contribution is 2.17. The van der Waals surface area contributed by atoms with Crippen LogP contribution in [0.1, 0.15) is 23.7 Å². The fraction of sp³-hybridized carbons (Fsp3) is 0.308. The van der Waals surface area contributed by atoms with Crippen LogP contribution in [0.2, 0.25) is 0 Å². The third-order valence-corrected chi connectivity index (χ3v) is 4.48. The van der Waals surface area contributed by atoms with Crippen molar-refractivity contribution >= 4 is 25.6 Å². The van der Waals surface area contributed by atoms with Crippen molar-refractivity contribution in [2.24, 2.45) is 0 Å². The molecule has 0 spiro atoms. The molecular weight excluding hydrogens is 286 g/mol. The van der Waals surface area contributed by atoms with Crippen LogP contribution in [0.3, 0.4) is 0 Å². The summed E-state index contributed by atoms with van der Waals surface area (Å²) in [5.74, 6) is -0.0951. The molecule has 0 atom stereocenters. The molecule has 19 heavy (non-hydrogen) atoms. The molecular formula is C13H14ClNO3S. The van der Waals surface area contributed by atoms with Gasteiger partial charge < -0.3 is 4.90 Å². The van der Waals surface area contributed by atoms with E-state index in [-0.39, 0.29) is 10.8 Å². The molecule has 0 N–H and O–H groups in total. The Morgan fingerprint density at radius 2 is 1.89 bits per heavy atom. The molecule has 6 heteroatoms. The number of benzene rings is 1. The van der Waals surface area contributed by atoms with E-state index in [4.69, 9.17) is 10.7 Å². The van der Waals surface area contributed by atoms with Crippen LogP contribution >= 0.6 is 10.7 Å². The molecule has 102 valence electrons. The Hall–Kier alpha value is -1.33. The second kappa shape index (κ2) is 5.35. The zero-order valence-corrected chi connectivity index (χ0v) is 12.0. The maximum atomic E-state index is 12.2. The minimum absolute atomic E-state index is 0.0000936. The molecule has 0 saturated heterocycles. The summed E-state index contributed by atoms with van der Waals surface area (Å²) < 4.78 is 22.2. The van der Waals surface area contributed by atoms with E-state index in [0.29, 0.717) is 18.7 Å². The predicted octanol–water partition coefficient (Wildman–Crippen LogP) is 2.41. The third kappa shape index (κ3) is 3.36. The number of carbonyl (C=O) groups excluding carboxylic acids is 1. The van der Waals surface area contributed by atoms with E-state index in [1.54, 1.807) is 4.90 Å². The lowest BCUT2D eigenvalue weighted by molar-refractivity contribution is 0.0769. The van der Waals surface area contributed by atoms with E-state index in [0.717, 1.165) is 6.42 Å². The number of amides is 1. The van der Waals surface area contributed by atoms with Crippen LogP contribution in [0.25, 0.3) is 0 Å². The van der Waals surface area contributed by atoms with Crippen molar-refractivity contribution < 1.29 is 13.2 Å². The van der Waals surface area contributed by atoms with Crippen molar-refractivity contribution in [3.05, 3.63) is 41.5 Å². The summed E-state index contributed by atoms with van der Waals surface area (Å²) in [6, 6.07) is 5.67. The van der Waals surface area contributed by atoms with Crippen LogP contribution < -0.4 is 0 Å². The molecule has 1 aliphatic heterocycles. The zero-order valence-electron chi connectivity index (χ0n) is 10.5. The molecule has 2 rings (SSSR count). The summed E-state index contributed by atoms with van der Waals surface area (Å²) in [6.45, 7) is 3.33. The molecule has 1 heterocycles. The molecule has 0 aliphatic carbocycles. The minimum atomic E-state index is -3.74. The fourth-order valence-electron chi connectivity index (χ4n) is 1.90. The Morgan fingerprint density at radius 3 is 2.37 bits per heavy atom. The van der Waals surface area contributed by atoms with Gasteiger partial charge in [-0.3, -0.25) is 4.79 Å². The highest BCUT2D eigenvalue weighted by molar-refractivity contribution is 8.13. The SMILES string of the molecule is CC1=CCN(C(=O)c2ccc(S(=O)(=O)Cl)cc2)CC1. The molecule has 1 aromatic carbocycles. The molecule has 0 saturated carbocycles. The normalized spacial score (nSPS) is 16.1. The number of rotatable bonds is 2. The topological polar surface area (TPSA) is 54.5 Å². The minimum Gasteiger partial charge on any atom is -0.335 e. The van der Waals surface area contributed by atoms with Gasteiger partial charge in [0.05, 0.1) is 4.90 Å². The zero-order chi connectivity index (χ0) is 14.0. The van der Waals surface area contributed by atoms with E-state index in [9.17, 15) is 13.2 Å². The van der Waals surface area contributed by atoms with E-state index in [1.165, 1.54) is 29.8 Å². The molecule has 0 unspecified atom stereocenters. The van der Waals surface area contributed by atoms with Crippen molar-refractivity contribution in [1.82, 2.24) is 4.90 Å². The van der Waals surface area contributed by atoms with Gasteiger partial charge in [-0.1, -0.05) is 11.6 Å². The molecule has 4 nitrogen and oxygen atoms in total. The summed E-state index contributed by atoms with van der Waals surface area (Å²) in [4.78, 5) is 13.9. The third-order valence-electron chi connectivity index (χ3n) is 3.11. The van der Waals surface area contributed by atoms with Crippen molar-refractivity contribution in [3.8, 4) is 0 Å². The Labute approximate surface area is 117 Å². The molecule has 0 fully saturated rings. The molecule has 1 amide bonds. The van der Waals surface area contributed by atoms with Gasteiger partial charge in [-0.05, 0) is 37.6 Å². The van der Waals surface area contributed by atoms with Gasteiger partial charge in [0.25, 0.3) is 15.0 Å². The quantitative estimate of drug-likeness (QED) is 0.622. The summed E-state index contributed by atoms with van der Waals surface area (Å²) in [5, 5.41) is 0. The van der Waals surface area contributed by atoms with E-state index in [1.807, 2.05) is 13.0 Å². The summed E-state index contributed by atoms with van der Waals surface area (Å²) in [7, 11) is 1.48. The molecule has 0 radical (unpaired) electrons. The lowest BCUT2D eigenvalue weighted by atomic mass is 10.1. The van der Waals surface area contributed by atoms with Gasteiger partial charge in [-0.25, -0.2) is 8.42 Å². The average molecular weight is 300 g/mol. The van der Waals surface area contributed by atoms with Gasteiger partial charge in [0, 0.05) is 29.3 Å². The highest BCUT2D eigenvalue weighted by atomic mass is 35.7. The second-order valence-corrected chi connectivity index (χ2v) is 7.08. The first-order chi connectivity index (χ1) is 8.88. The van der Waals surface area contributed by atoms with Gasteiger partial charge in [-0.15, -0.1) is 0 Å². The number of hydrogen-bond donors (Lipinski definition) is 0. The average Bonchev–Trinajstić information content (AvgIpc) is 2.38. The highest BCUT2D eigenvalue weighted by Gasteiger charge is 2.18. The van der Waals surface area contributed by atoms with Gasteiger partial charge >= 0.3 is 0 Å². The lowest BCUT2D eigenvalue weighted by Gasteiger charge is -2.25. The Morgan fingerprint density at radius 1 is 1.26 bits per heavy atom. The molecule has 0 aromatic heterocycles. The van der Waals surface area contributed by atoms with Crippen LogP contribution in [0, 0.1) is 0 Å². The Bertz CT molecular complexity index is 620. The number of carbonyl (C=O) groups is 1. The largest absolute Gasteiger partial charge is 0.335 e. The first-order valence-corrected chi connectivity index (χ1v) is 8.18. The van der Waals surface area contributed by atoms with Crippen molar-refractivity contribution in [3.63, 3.8) is 0 Å². The summed E-state index contributed by atoms with van der Waals surface area (Å²) in [6.07, 6.45) is 2.90. The van der Waals surface area contributed by atoms with Crippen molar-refractivity contribution in [2.45, 2.75) is 18.2 Å². The summed E-state index contributed by atoms with van der Waals surface area (Å²) in [5.41, 5.74) is 1.75. The number of nitrogens with zero attached hydrogens (tertiary/aromatic N) is 1. The Kier molecular flexibility index (Phi) is 3.96. The maximum absolute atomic E-state index is 12.2. The van der Waals surface area contributed by atoms with Gasteiger partial charge in [0.1, 0.15) is 0 Å². The van der Waals surface area contributed by atoms with Crippen LogP contribution in [0.15, 0.2) is 40.8 Å². The maximum Gasteiger partial charge on any atom is 0.261 e. The van der Waals surface area contributed by atoms with Crippen LogP contribution in [-0.4, -0.2) is 32.3 Å². The van der Waals surface area contributed by atoms with E-state index < -0.39 is 9.05 Å². The predicted molar refractivity (Wildman–Crippen MR) is 73.8 cm³/mol. The monoisotopic (exact) mass is 299 g/mol. The second-order valence-electron chi connectivity index (χ2n) is 4.51. The van der Waals surface area contributed by atoms with Crippen LogP contribution in [0.5, 0.6) is 0 Å². The van der Waals surface area contributed by atoms with Crippen LogP contribution in [-0.2, 0) is 9.05 Å². The molecule has 1 aliphatic rings. The van der Waals surface area contributed by atoms with Crippen LogP contribution in [0.4, 0.5) is 0 Å². The van der Waals surface area contributed by atoms with E-state index >= 15 is 0 Å². The standard InChI is InChI=1S/C13H14ClNO3S/c1-10-6-8-15(9-7-10)13(16)11-2-4-12(5-3-11)19(14,17)18/h2-6H,7-9H2,1H3. The summed E-state index contributed by atoms with van der Waals surface area (Å²) >= 11 is 0. The fourth-order valence-corrected chi connectivity index (χ4v) is 2.67. The first-order valence-electron chi connectivity index (χ1n) is 5.87.